The summed E-state index contributed by atoms with van der Waals surface area (Å²) >= 11 is 0. The molecule has 24 heavy (non-hydrogen) atoms. The number of pyridine rings is 2. The van der Waals surface area contributed by atoms with Gasteiger partial charge in [0.2, 0.25) is 0 Å². The van der Waals surface area contributed by atoms with Gasteiger partial charge in [-0.05, 0) is 29.0 Å². The molecular formula is C20H12N2O2. The van der Waals surface area contributed by atoms with Gasteiger partial charge in [0.05, 0.1) is 28.5 Å². The molecule has 0 unspecified atom stereocenters. The van der Waals surface area contributed by atoms with Crippen molar-refractivity contribution in [1.29, 1.82) is 0 Å². The van der Waals surface area contributed by atoms with Gasteiger partial charge in [0.25, 0.3) is 0 Å². The first-order valence-corrected chi connectivity index (χ1v) is 7.78. The van der Waals surface area contributed by atoms with Gasteiger partial charge in [-0.3, -0.25) is 9.59 Å². The average molecular weight is 312 g/mol. The minimum absolute atomic E-state index is 0.0188. The van der Waals surface area contributed by atoms with E-state index in [-0.39, 0.29) is 17.6 Å². The number of carbonyl (C=O) groups is 1. The molecule has 4 nitrogen and oxygen atoms in total. The lowest BCUT2D eigenvalue weighted by Crippen LogP contribution is -2.16. The maximum absolute atomic E-state index is 12.8. The molecule has 0 aliphatic heterocycles. The van der Waals surface area contributed by atoms with Gasteiger partial charge in [-0.15, -0.1) is 0 Å². The van der Waals surface area contributed by atoms with Gasteiger partial charge < -0.3 is 4.40 Å². The molecule has 1 aliphatic carbocycles. The van der Waals surface area contributed by atoms with Crippen LogP contribution in [0.3, 0.4) is 0 Å². The van der Waals surface area contributed by atoms with Gasteiger partial charge in [-0.25, -0.2) is 4.98 Å². The molecule has 3 aromatic heterocycles. The summed E-state index contributed by atoms with van der Waals surface area (Å²) < 4.78 is 1.94. The highest BCUT2D eigenvalue weighted by atomic mass is 16.1. The largest absolute Gasteiger partial charge is 0.320 e. The molecule has 114 valence electrons. The molecule has 3 heterocycles. The van der Waals surface area contributed by atoms with Crippen molar-refractivity contribution in [2.75, 3.05) is 0 Å². The number of aromatic nitrogens is 2. The zero-order valence-electron chi connectivity index (χ0n) is 12.7. The second-order valence-electron chi connectivity index (χ2n) is 6.06. The Kier molecular flexibility index (Phi) is 2.54. The summed E-state index contributed by atoms with van der Waals surface area (Å²) in [5, 5.41) is 2.75. The molecule has 0 saturated carbocycles. The summed E-state index contributed by atoms with van der Waals surface area (Å²) in [5.74, 6) is -0.0188. The van der Waals surface area contributed by atoms with Crippen molar-refractivity contribution in [1.82, 2.24) is 9.38 Å². The van der Waals surface area contributed by atoms with Crippen molar-refractivity contribution in [2.45, 2.75) is 6.42 Å². The summed E-state index contributed by atoms with van der Waals surface area (Å²) in [7, 11) is 0. The lowest BCUT2D eigenvalue weighted by Gasteiger charge is -2.07. The quantitative estimate of drug-likeness (QED) is 0.501. The highest BCUT2D eigenvalue weighted by molar-refractivity contribution is 6.02. The third-order valence-corrected chi connectivity index (χ3v) is 4.55. The third kappa shape index (κ3) is 1.77. The topological polar surface area (TPSA) is 51.4 Å². The molecule has 0 N–H and O–H groups in total. The predicted molar refractivity (Wildman–Crippen MR) is 94.2 cm³/mol. The monoisotopic (exact) mass is 312 g/mol. The van der Waals surface area contributed by atoms with E-state index in [1.165, 1.54) is 6.08 Å². The minimum Gasteiger partial charge on any atom is -0.320 e. The van der Waals surface area contributed by atoms with Gasteiger partial charge in [-0.2, -0.15) is 0 Å². The van der Waals surface area contributed by atoms with Gasteiger partial charge in [0.15, 0.2) is 11.2 Å². The second kappa shape index (κ2) is 4.61. The molecule has 1 aromatic carbocycles. The third-order valence-electron chi connectivity index (χ3n) is 4.55. The van der Waals surface area contributed by atoms with Gasteiger partial charge in [0.1, 0.15) is 0 Å². The Labute approximate surface area is 136 Å². The van der Waals surface area contributed by atoms with Gasteiger partial charge in [0, 0.05) is 18.0 Å². The van der Waals surface area contributed by atoms with E-state index >= 15 is 0 Å². The van der Waals surface area contributed by atoms with Crippen molar-refractivity contribution in [2.24, 2.45) is 0 Å². The number of ketones is 1. The van der Waals surface area contributed by atoms with Crippen LogP contribution in [0.4, 0.5) is 0 Å². The van der Waals surface area contributed by atoms with Crippen molar-refractivity contribution >= 4 is 39.1 Å². The van der Waals surface area contributed by atoms with Crippen LogP contribution in [-0.2, 0) is 11.2 Å². The van der Waals surface area contributed by atoms with Crippen LogP contribution in [0.1, 0.15) is 11.3 Å². The molecule has 0 bridgehead atoms. The Morgan fingerprint density at radius 3 is 2.67 bits per heavy atom. The number of nitrogens with zero attached hydrogens (tertiary/aromatic N) is 2. The lowest BCUT2D eigenvalue weighted by atomic mass is 10.0. The SMILES string of the molecule is O=C1C=Cc2c(nc3c(cn4cc5cccccc5cc34)c2=O)C1. The molecule has 5 rings (SSSR count). The highest BCUT2D eigenvalue weighted by Gasteiger charge is 2.19. The molecule has 0 spiro atoms. The molecule has 0 fully saturated rings. The summed E-state index contributed by atoms with van der Waals surface area (Å²) in [6.45, 7) is 0. The number of fused-ring (bicyclic) bond motifs is 5. The first-order chi connectivity index (χ1) is 11.7. The molecular weight excluding hydrogens is 300 g/mol. The molecule has 4 heteroatoms. The number of carbonyl (C=O) groups excluding carboxylic acids is 1. The maximum atomic E-state index is 12.8. The van der Waals surface area contributed by atoms with Crippen LogP contribution in [0.5, 0.6) is 0 Å². The molecule has 0 amide bonds. The van der Waals surface area contributed by atoms with E-state index < -0.39 is 0 Å². The first-order valence-electron chi connectivity index (χ1n) is 7.78. The van der Waals surface area contributed by atoms with Crippen molar-refractivity contribution < 1.29 is 4.79 Å². The molecule has 1 aliphatic rings. The molecule has 0 atom stereocenters. The number of rotatable bonds is 0. The standard InChI is InChI=1S/C20H12N2O2/c23-14-6-7-15-17(9-14)21-19-16(20(15)24)11-22-10-13-5-3-1-2-4-12(13)8-18(19)22/h1-8,10-11H,9H2. The second-order valence-corrected chi connectivity index (χ2v) is 6.06. The van der Waals surface area contributed by atoms with E-state index in [2.05, 4.69) is 4.98 Å². The van der Waals surface area contributed by atoms with Crippen molar-refractivity contribution in [3.05, 3.63) is 76.3 Å². The fraction of sp³-hybridized carbons (Fsp3) is 0.0500. The van der Waals surface area contributed by atoms with Gasteiger partial charge >= 0.3 is 0 Å². The first kappa shape index (κ1) is 13.2. The normalized spacial score (nSPS) is 13.8. The smallest absolute Gasteiger partial charge is 0.198 e. The summed E-state index contributed by atoms with van der Waals surface area (Å²) in [6.07, 6.45) is 7.08. The van der Waals surface area contributed by atoms with Crippen LogP contribution >= 0.6 is 0 Å². The Morgan fingerprint density at radius 1 is 0.958 bits per heavy atom. The van der Waals surface area contributed by atoms with Crippen LogP contribution in [0, 0.1) is 0 Å². The fourth-order valence-electron chi connectivity index (χ4n) is 3.36. The Hall–Kier alpha value is -3.27. The van der Waals surface area contributed by atoms with E-state index in [0.29, 0.717) is 22.2 Å². The maximum Gasteiger partial charge on any atom is 0.198 e. The zero-order valence-corrected chi connectivity index (χ0v) is 12.7. The summed E-state index contributed by atoms with van der Waals surface area (Å²) in [4.78, 5) is 29.1. The van der Waals surface area contributed by atoms with Crippen LogP contribution < -0.4 is 5.43 Å². The van der Waals surface area contributed by atoms with Crippen molar-refractivity contribution in [3.63, 3.8) is 0 Å². The minimum atomic E-state index is -0.0583. The van der Waals surface area contributed by atoms with E-state index in [9.17, 15) is 9.59 Å². The predicted octanol–water partition coefficient (Wildman–Crippen LogP) is 3.14. The number of hydrogen-bond donors (Lipinski definition) is 0. The van der Waals surface area contributed by atoms with E-state index in [1.807, 2.05) is 53.2 Å². The van der Waals surface area contributed by atoms with E-state index in [1.54, 1.807) is 6.08 Å². The molecule has 4 aromatic rings. The lowest BCUT2D eigenvalue weighted by molar-refractivity contribution is -0.114. The molecule has 0 radical (unpaired) electrons. The number of hydrogen-bond acceptors (Lipinski definition) is 3. The Bertz CT molecular complexity index is 1270. The number of allylic oxidation sites excluding steroid dienone is 1. The highest BCUT2D eigenvalue weighted by Crippen LogP contribution is 2.25. The zero-order chi connectivity index (χ0) is 16.3. The van der Waals surface area contributed by atoms with Crippen LogP contribution in [0.15, 0.2) is 59.7 Å². The van der Waals surface area contributed by atoms with Crippen molar-refractivity contribution in [3.8, 4) is 0 Å². The van der Waals surface area contributed by atoms with Crippen LogP contribution in [-0.4, -0.2) is 15.2 Å². The van der Waals surface area contributed by atoms with Gasteiger partial charge in [-0.1, -0.05) is 30.3 Å². The Balaban J connectivity index is 1.96. The van der Waals surface area contributed by atoms with E-state index in [0.717, 1.165) is 16.3 Å². The van der Waals surface area contributed by atoms with Crippen LogP contribution in [0.2, 0.25) is 0 Å². The fourth-order valence-corrected chi connectivity index (χ4v) is 3.36. The Morgan fingerprint density at radius 2 is 1.79 bits per heavy atom. The molecule has 0 saturated heterocycles. The average Bonchev–Trinajstić information content (AvgIpc) is 2.76. The van der Waals surface area contributed by atoms with E-state index in [4.69, 9.17) is 0 Å². The van der Waals surface area contributed by atoms with Crippen LogP contribution in [0.25, 0.3) is 33.3 Å². The summed E-state index contributed by atoms with van der Waals surface area (Å²) in [6, 6.07) is 12.1. The summed E-state index contributed by atoms with van der Waals surface area (Å²) in [5.41, 5.74) is 2.60.